The summed E-state index contributed by atoms with van der Waals surface area (Å²) in [6.45, 7) is 5.66. The quantitative estimate of drug-likeness (QED) is 0.529. The summed E-state index contributed by atoms with van der Waals surface area (Å²) in [7, 11) is 1.31. The van der Waals surface area contributed by atoms with Gasteiger partial charge >= 0.3 is 11.9 Å². The van der Waals surface area contributed by atoms with E-state index in [-0.39, 0.29) is 12.2 Å². The molecule has 0 aliphatic carbocycles. The minimum absolute atomic E-state index is 0.196. The number of aromatic nitrogens is 1. The molecule has 34 heavy (non-hydrogen) atoms. The lowest BCUT2D eigenvalue weighted by molar-refractivity contribution is -0.139. The number of methoxy groups -OCH3 is 1. The molecule has 8 heteroatoms. The molecule has 0 amide bonds. The number of allylic oxidation sites excluding steroid dienone is 1. The fraction of sp³-hybridized carbons (Fsp3) is 0.231. The van der Waals surface area contributed by atoms with Crippen LogP contribution < -0.4 is 14.9 Å². The zero-order valence-electron chi connectivity index (χ0n) is 19.3. The Balaban J connectivity index is 1.91. The highest BCUT2D eigenvalue weighted by Gasteiger charge is 2.33. The number of rotatable bonds is 5. The molecule has 1 aliphatic rings. The molecule has 1 aromatic heterocycles. The van der Waals surface area contributed by atoms with Gasteiger partial charge in [0.05, 0.1) is 41.1 Å². The minimum Gasteiger partial charge on any atom is -0.465 e. The molecule has 2 heterocycles. The van der Waals surface area contributed by atoms with E-state index in [1.165, 1.54) is 23.0 Å². The number of thiazole rings is 1. The number of ether oxygens (including phenoxy) is 2. The van der Waals surface area contributed by atoms with Crippen molar-refractivity contribution in [1.82, 2.24) is 4.57 Å². The molecule has 3 aromatic rings. The van der Waals surface area contributed by atoms with E-state index in [4.69, 9.17) is 9.47 Å². The van der Waals surface area contributed by atoms with Crippen LogP contribution in [0.25, 0.3) is 6.08 Å². The highest BCUT2D eigenvalue weighted by atomic mass is 32.1. The van der Waals surface area contributed by atoms with Crippen molar-refractivity contribution < 1.29 is 19.1 Å². The van der Waals surface area contributed by atoms with Crippen LogP contribution in [0.15, 0.2) is 69.6 Å². The van der Waals surface area contributed by atoms with Crippen molar-refractivity contribution >= 4 is 29.4 Å². The molecule has 4 rings (SSSR count). The first-order valence-corrected chi connectivity index (χ1v) is 11.6. The molecule has 0 fully saturated rings. The second kappa shape index (κ2) is 9.61. The van der Waals surface area contributed by atoms with E-state index in [1.807, 2.05) is 37.3 Å². The van der Waals surface area contributed by atoms with E-state index in [9.17, 15) is 14.4 Å². The summed E-state index contributed by atoms with van der Waals surface area (Å²) < 4.78 is 12.1. The van der Waals surface area contributed by atoms with Crippen molar-refractivity contribution in [2.45, 2.75) is 26.8 Å². The summed E-state index contributed by atoms with van der Waals surface area (Å²) >= 11 is 1.27. The summed E-state index contributed by atoms with van der Waals surface area (Å²) in [5.41, 5.74) is 3.59. The van der Waals surface area contributed by atoms with Crippen LogP contribution in [-0.2, 0) is 14.3 Å². The molecular formula is C26H24N2O5S. The standard InChI is InChI=1S/C26H24N2O5S/c1-5-33-25(31)21-16(3)27-26-28(22(21)18-10-12-19(13-11-18)24(30)32-4)23(29)20(34-26)14-17-8-6-15(2)7-9-17/h6-14,22H,5H2,1-4H3/b20-14+/t22-/m0/s1. The Morgan fingerprint density at radius 2 is 1.74 bits per heavy atom. The number of esters is 2. The van der Waals surface area contributed by atoms with E-state index < -0.39 is 18.0 Å². The van der Waals surface area contributed by atoms with Gasteiger partial charge in [-0.05, 0) is 50.1 Å². The lowest BCUT2D eigenvalue weighted by Gasteiger charge is -2.24. The van der Waals surface area contributed by atoms with Gasteiger partial charge in [0.2, 0.25) is 0 Å². The molecule has 7 nitrogen and oxygen atoms in total. The molecule has 0 bridgehead atoms. The Morgan fingerprint density at radius 1 is 1.06 bits per heavy atom. The van der Waals surface area contributed by atoms with Crippen LogP contribution in [0.3, 0.4) is 0 Å². The highest BCUT2D eigenvalue weighted by Crippen LogP contribution is 2.31. The van der Waals surface area contributed by atoms with E-state index in [2.05, 4.69) is 4.99 Å². The maximum atomic E-state index is 13.6. The summed E-state index contributed by atoms with van der Waals surface area (Å²) in [6, 6.07) is 13.8. The van der Waals surface area contributed by atoms with Crippen molar-refractivity contribution in [3.05, 3.63) is 102 Å². The topological polar surface area (TPSA) is 87.0 Å². The molecule has 0 saturated carbocycles. The molecular weight excluding hydrogens is 452 g/mol. The second-order valence-electron chi connectivity index (χ2n) is 7.83. The number of fused-ring (bicyclic) bond motifs is 1. The summed E-state index contributed by atoms with van der Waals surface area (Å²) in [4.78, 5) is 43.4. The first-order valence-electron chi connectivity index (χ1n) is 10.8. The molecule has 174 valence electrons. The number of hydrogen-bond acceptors (Lipinski definition) is 7. The van der Waals surface area contributed by atoms with Crippen molar-refractivity contribution in [3.8, 4) is 0 Å². The normalized spacial score (nSPS) is 15.5. The lowest BCUT2D eigenvalue weighted by atomic mass is 9.95. The van der Waals surface area contributed by atoms with Crippen molar-refractivity contribution in [2.24, 2.45) is 4.99 Å². The van der Waals surface area contributed by atoms with Gasteiger partial charge < -0.3 is 9.47 Å². The maximum Gasteiger partial charge on any atom is 0.338 e. The fourth-order valence-electron chi connectivity index (χ4n) is 3.84. The van der Waals surface area contributed by atoms with E-state index >= 15 is 0 Å². The zero-order valence-corrected chi connectivity index (χ0v) is 20.1. The Labute approximate surface area is 200 Å². The van der Waals surface area contributed by atoms with E-state index in [0.29, 0.717) is 31.7 Å². The number of benzene rings is 2. The first kappa shape index (κ1) is 23.4. The summed E-state index contributed by atoms with van der Waals surface area (Å²) in [6.07, 6.45) is 1.82. The van der Waals surface area contributed by atoms with Gasteiger partial charge in [0.25, 0.3) is 5.56 Å². The van der Waals surface area contributed by atoms with Gasteiger partial charge in [0.1, 0.15) is 0 Å². The first-order chi connectivity index (χ1) is 16.3. The highest BCUT2D eigenvalue weighted by molar-refractivity contribution is 7.07. The predicted molar refractivity (Wildman–Crippen MR) is 129 cm³/mol. The largest absolute Gasteiger partial charge is 0.465 e. The van der Waals surface area contributed by atoms with Crippen LogP contribution in [0, 0.1) is 6.92 Å². The Kier molecular flexibility index (Phi) is 6.61. The van der Waals surface area contributed by atoms with Gasteiger partial charge in [0.15, 0.2) is 4.80 Å². The molecule has 0 saturated heterocycles. The minimum atomic E-state index is -0.734. The molecule has 0 unspecified atom stereocenters. The predicted octanol–water partition coefficient (Wildman–Crippen LogP) is 2.89. The van der Waals surface area contributed by atoms with Crippen LogP contribution in [0.4, 0.5) is 0 Å². The van der Waals surface area contributed by atoms with Gasteiger partial charge in [-0.25, -0.2) is 14.6 Å². The van der Waals surface area contributed by atoms with Crippen LogP contribution in [0.1, 0.15) is 46.9 Å². The van der Waals surface area contributed by atoms with Gasteiger partial charge in [-0.3, -0.25) is 9.36 Å². The average Bonchev–Trinajstić information content (AvgIpc) is 3.13. The molecule has 0 spiro atoms. The maximum absolute atomic E-state index is 13.6. The third kappa shape index (κ3) is 4.36. The monoisotopic (exact) mass is 476 g/mol. The Hall–Kier alpha value is -3.78. The van der Waals surface area contributed by atoms with Crippen molar-refractivity contribution in [3.63, 3.8) is 0 Å². The molecule has 1 atom stereocenters. The molecule has 0 radical (unpaired) electrons. The third-order valence-corrected chi connectivity index (χ3v) is 6.52. The average molecular weight is 477 g/mol. The van der Waals surface area contributed by atoms with Crippen LogP contribution >= 0.6 is 11.3 Å². The summed E-state index contributed by atoms with van der Waals surface area (Å²) in [5.74, 6) is -0.996. The number of carbonyl (C=O) groups is 2. The van der Waals surface area contributed by atoms with Gasteiger partial charge in [0, 0.05) is 0 Å². The van der Waals surface area contributed by atoms with Gasteiger partial charge in [-0.1, -0.05) is 53.3 Å². The van der Waals surface area contributed by atoms with Crippen molar-refractivity contribution in [2.75, 3.05) is 13.7 Å². The van der Waals surface area contributed by atoms with Gasteiger partial charge in [-0.15, -0.1) is 0 Å². The van der Waals surface area contributed by atoms with Crippen molar-refractivity contribution in [1.29, 1.82) is 0 Å². The summed E-state index contributed by atoms with van der Waals surface area (Å²) in [5, 5.41) is 0. The lowest BCUT2D eigenvalue weighted by Crippen LogP contribution is -2.40. The number of nitrogens with zero attached hydrogens (tertiary/aromatic N) is 2. The zero-order chi connectivity index (χ0) is 24.4. The number of carbonyl (C=O) groups excluding carboxylic acids is 2. The molecule has 2 aromatic carbocycles. The van der Waals surface area contributed by atoms with Crippen LogP contribution in [0.2, 0.25) is 0 Å². The van der Waals surface area contributed by atoms with Crippen LogP contribution in [-0.4, -0.2) is 30.2 Å². The van der Waals surface area contributed by atoms with E-state index in [1.54, 1.807) is 38.1 Å². The number of hydrogen-bond donors (Lipinski definition) is 0. The molecule has 0 N–H and O–H groups in total. The Morgan fingerprint density at radius 3 is 2.35 bits per heavy atom. The van der Waals surface area contributed by atoms with E-state index in [0.717, 1.165) is 11.1 Å². The Bertz CT molecular complexity index is 1460. The van der Waals surface area contributed by atoms with Gasteiger partial charge in [-0.2, -0.15) is 0 Å². The number of aryl methyl sites for hydroxylation is 1. The fourth-order valence-corrected chi connectivity index (χ4v) is 4.89. The second-order valence-corrected chi connectivity index (χ2v) is 8.84. The smallest absolute Gasteiger partial charge is 0.338 e. The SMILES string of the molecule is CCOC(=O)C1=C(C)N=c2s/c(=C/c3ccc(C)cc3)c(=O)n2[C@H]1c1ccc(C(=O)OC)cc1. The third-order valence-electron chi connectivity index (χ3n) is 5.54. The van der Waals surface area contributed by atoms with Crippen LogP contribution in [0.5, 0.6) is 0 Å². The molecule has 1 aliphatic heterocycles.